The third-order valence-corrected chi connectivity index (χ3v) is 6.66. The Morgan fingerprint density at radius 3 is 2.53 bits per heavy atom. The second kappa shape index (κ2) is 9.71. The van der Waals surface area contributed by atoms with Crippen molar-refractivity contribution in [2.45, 2.75) is 50.1 Å². The maximum absolute atomic E-state index is 13.0. The fourth-order valence-corrected chi connectivity index (χ4v) is 4.83. The van der Waals surface area contributed by atoms with Crippen LogP contribution in [0.5, 0.6) is 0 Å². The molecule has 2 aliphatic rings. The smallest absolute Gasteiger partial charge is 0.222 e. The van der Waals surface area contributed by atoms with Crippen LogP contribution in [0.4, 0.5) is 4.39 Å². The lowest BCUT2D eigenvalue weighted by Gasteiger charge is -2.42. The number of amides is 1. The summed E-state index contributed by atoms with van der Waals surface area (Å²) in [4.78, 5) is 14.9. The highest BCUT2D eigenvalue weighted by atomic mass is 19.1. The van der Waals surface area contributed by atoms with E-state index in [4.69, 9.17) is 4.74 Å². The summed E-state index contributed by atoms with van der Waals surface area (Å²) in [6.07, 6.45) is 4.42. The van der Waals surface area contributed by atoms with Crippen molar-refractivity contribution in [2.75, 3.05) is 26.3 Å². The molecule has 0 aromatic heterocycles. The molecule has 0 spiro atoms. The minimum absolute atomic E-state index is 0.0146. The van der Waals surface area contributed by atoms with E-state index in [1.54, 1.807) is 0 Å². The first-order chi connectivity index (χ1) is 14.7. The van der Waals surface area contributed by atoms with Crippen LogP contribution in [0, 0.1) is 5.82 Å². The second-order valence-electron chi connectivity index (χ2n) is 8.56. The highest BCUT2D eigenvalue weighted by Gasteiger charge is 2.41. The Labute approximate surface area is 178 Å². The average molecular weight is 411 g/mol. The number of halogens is 1. The summed E-state index contributed by atoms with van der Waals surface area (Å²) in [6, 6.07) is 17.5. The monoisotopic (exact) mass is 410 g/mol. The number of ether oxygens (including phenoxy) is 1. The number of nitrogens with one attached hydrogen (secondary N) is 1. The van der Waals surface area contributed by atoms with Gasteiger partial charge in [0.25, 0.3) is 0 Å². The van der Waals surface area contributed by atoms with Crippen LogP contribution in [0.1, 0.15) is 43.2 Å². The predicted octanol–water partition coefficient (Wildman–Crippen LogP) is 4.04. The topological polar surface area (TPSA) is 41.6 Å². The van der Waals surface area contributed by atoms with E-state index in [1.165, 1.54) is 17.7 Å². The number of nitrogens with zero attached hydrogens (tertiary/aromatic N) is 1. The molecular formula is C25H31FN2O2. The molecule has 2 aliphatic heterocycles. The summed E-state index contributed by atoms with van der Waals surface area (Å²) in [7, 11) is 0. The summed E-state index contributed by atoms with van der Waals surface area (Å²) >= 11 is 0. The minimum Gasteiger partial charge on any atom is -0.381 e. The fourth-order valence-electron chi connectivity index (χ4n) is 4.83. The Kier molecular flexibility index (Phi) is 6.80. The van der Waals surface area contributed by atoms with Gasteiger partial charge in [0.15, 0.2) is 0 Å². The van der Waals surface area contributed by atoms with Crippen molar-refractivity contribution in [2.24, 2.45) is 0 Å². The lowest BCUT2D eigenvalue weighted by Crippen LogP contribution is -2.48. The average Bonchev–Trinajstić information content (AvgIpc) is 3.13. The van der Waals surface area contributed by atoms with Gasteiger partial charge in [-0.1, -0.05) is 42.5 Å². The van der Waals surface area contributed by atoms with Crippen molar-refractivity contribution >= 4 is 5.91 Å². The molecule has 4 nitrogen and oxygen atoms in total. The molecule has 1 N–H and O–H groups in total. The summed E-state index contributed by atoms with van der Waals surface area (Å²) in [5.41, 5.74) is 2.38. The van der Waals surface area contributed by atoms with Crippen LogP contribution in [-0.4, -0.2) is 43.2 Å². The lowest BCUT2D eigenvalue weighted by molar-refractivity contribution is -0.130. The van der Waals surface area contributed by atoms with Crippen LogP contribution >= 0.6 is 0 Å². The fraction of sp³-hybridized carbons (Fsp3) is 0.480. The van der Waals surface area contributed by atoms with Gasteiger partial charge in [-0.25, -0.2) is 4.39 Å². The van der Waals surface area contributed by atoms with Crippen LogP contribution in [0.15, 0.2) is 54.6 Å². The van der Waals surface area contributed by atoms with Gasteiger partial charge in [-0.2, -0.15) is 0 Å². The molecule has 2 aromatic carbocycles. The van der Waals surface area contributed by atoms with Gasteiger partial charge in [-0.15, -0.1) is 0 Å². The van der Waals surface area contributed by atoms with E-state index in [0.717, 1.165) is 57.6 Å². The van der Waals surface area contributed by atoms with Gasteiger partial charge in [0.2, 0.25) is 5.91 Å². The van der Waals surface area contributed by atoms with Crippen molar-refractivity contribution in [3.63, 3.8) is 0 Å². The molecule has 5 heteroatoms. The third-order valence-electron chi connectivity index (χ3n) is 6.66. The van der Waals surface area contributed by atoms with Crippen molar-refractivity contribution in [1.29, 1.82) is 0 Å². The van der Waals surface area contributed by atoms with E-state index in [-0.39, 0.29) is 23.2 Å². The Morgan fingerprint density at radius 1 is 1.07 bits per heavy atom. The Hall–Kier alpha value is -2.24. The largest absolute Gasteiger partial charge is 0.381 e. The van der Waals surface area contributed by atoms with Gasteiger partial charge in [0.1, 0.15) is 5.82 Å². The SMILES string of the molecule is O=C1CC[C@@H](CCNCc2ccc(F)cc2)N1CC1(c2ccccc2)CCOCC1. The number of carbonyl (C=O) groups is 1. The van der Waals surface area contributed by atoms with Gasteiger partial charge in [-0.05, 0) is 55.5 Å². The molecule has 2 saturated heterocycles. The number of benzene rings is 2. The lowest BCUT2D eigenvalue weighted by atomic mass is 9.73. The Balaban J connectivity index is 1.37. The normalized spacial score (nSPS) is 21.2. The zero-order valence-electron chi connectivity index (χ0n) is 17.5. The summed E-state index contributed by atoms with van der Waals surface area (Å²) in [5.74, 6) is 0.0691. The van der Waals surface area contributed by atoms with Gasteiger partial charge < -0.3 is 15.0 Å². The highest BCUT2D eigenvalue weighted by molar-refractivity contribution is 5.79. The number of hydrogen-bond donors (Lipinski definition) is 1. The molecule has 160 valence electrons. The van der Waals surface area contributed by atoms with E-state index in [2.05, 4.69) is 34.5 Å². The molecular weight excluding hydrogens is 379 g/mol. The molecule has 2 fully saturated rings. The Morgan fingerprint density at radius 2 is 1.80 bits per heavy atom. The van der Waals surface area contributed by atoms with E-state index in [0.29, 0.717) is 13.0 Å². The number of rotatable bonds is 8. The van der Waals surface area contributed by atoms with E-state index < -0.39 is 0 Å². The van der Waals surface area contributed by atoms with Crippen LogP contribution in [0.25, 0.3) is 0 Å². The van der Waals surface area contributed by atoms with E-state index in [9.17, 15) is 9.18 Å². The molecule has 0 bridgehead atoms. The number of carbonyl (C=O) groups excluding carboxylic acids is 1. The standard InChI is InChI=1S/C25H31FN2O2/c26-22-8-6-20(7-9-22)18-27-15-12-23-10-11-24(29)28(23)19-25(13-16-30-17-14-25)21-4-2-1-3-5-21/h1-9,23,27H,10-19H2/t23-/m0/s1. The molecule has 1 atom stereocenters. The summed E-state index contributed by atoms with van der Waals surface area (Å²) in [6.45, 7) is 3.84. The molecule has 0 radical (unpaired) electrons. The van der Waals surface area contributed by atoms with Gasteiger partial charge in [-0.3, -0.25) is 4.79 Å². The number of likely N-dealkylation sites (tertiary alicyclic amines) is 1. The van der Waals surface area contributed by atoms with Crippen LogP contribution < -0.4 is 5.32 Å². The van der Waals surface area contributed by atoms with Crippen molar-refractivity contribution in [3.05, 3.63) is 71.5 Å². The first-order valence-corrected chi connectivity index (χ1v) is 11.0. The summed E-state index contributed by atoms with van der Waals surface area (Å²) in [5, 5.41) is 3.45. The first kappa shape index (κ1) is 21.0. The molecule has 0 aliphatic carbocycles. The number of hydrogen-bond acceptors (Lipinski definition) is 3. The predicted molar refractivity (Wildman–Crippen MR) is 116 cm³/mol. The highest BCUT2D eigenvalue weighted by Crippen LogP contribution is 2.38. The van der Waals surface area contributed by atoms with Gasteiger partial charge in [0.05, 0.1) is 0 Å². The van der Waals surface area contributed by atoms with Gasteiger partial charge >= 0.3 is 0 Å². The zero-order chi connectivity index (χ0) is 20.8. The van der Waals surface area contributed by atoms with Crippen molar-refractivity contribution < 1.29 is 13.9 Å². The van der Waals surface area contributed by atoms with Crippen LogP contribution in [0.3, 0.4) is 0 Å². The third kappa shape index (κ3) is 4.90. The minimum atomic E-state index is -0.209. The van der Waals surface area contributed by atoms with Crippen molar-refractivity contribution in [1.82, 2.24) is 10.2 Å². The molecule has 0 saturated carbocycles. The Bertz CT molecular complexity index is 819. The van der Waals surface area contributed by atoms with Crippen molar-refractivity contribution in [3.8, 4) is 0 Å². The first-order valence-electron chi connectivity index (χ1n) is 11.0. The molecule has 2 heterocycles. The second-order valence-corrected chi connectivity index (χ2v) is 8.56. The molecule has 4 rings (SSSR count). The molecule has 1 amide bonds. The maximum atomic E-state index is 13.0. The van der Waals surface area contributed by atoms with Crippen LogP contribution in [0.2, 0.25) is 0 Å². The van der Waals surface area contributed by atoms with Gasteiger partial charge in [0, 0.05) is 44.2 Å². The van der Waals surface area contributed by atoms with Crippen LogP contribution in [-0.2, 0) is 21.5 Å². The maximum Gasteiger partial charge on any atom is 0.222 e. The van der Waals surface area contributed by atoms with E-state index >= 15 is 0 Å². The quantitative estimate of drug-likeness (QED) is 0.668. The summed E-state index contributed by atoms with van der Waals surface area (Å²) < 4.78 is 18.7. The zero-order valence-corrected chi connectivity index (χ0v) is 17.5. The van der Waals surface area contributed by atoms with E-state index in [1.807, 2.05) is 18.2 Å². The molecule has 30 heavy (non-hydrogen) atoms. The molecule has 2 aromatic rings. The molecule has 0 unspecified atom stereocenters.